The minimum absolute atomic E-state index is 0.691. The van der Waals surface area contributed by atoms with E-state index >= 15 is 0 Å². The fourth-order valence-corrected chi connectivity index (χ4v) is 1.94. The molecule has 0 fully saturated rings. The van der Waals surface area contributed by atoms with Crippen LogP contribution in [0.5, 0.6) is 5.75 Å². The number of imidazole rings is 1. The second-order valence-electron chi connectivity index (χ2n) is 4.30. The van der Waals surface area contributed by atoms with E-state index in [1.807, 2.05) is 44.4 Å². The van der Waals surface area contributed by atoms with Crippen molar-refractivity contribution in [2.24, 2.45) is 7.05 Å². The zero-order valence-corrected chi connectivity index (χ0v) is 11.1. The van der Waals surface area contributed by atoms with Crippen molar-refractivity contribution in [3.63, 3.8) is 0 Å². The lowest BCUT2D eigenvalue weighted by molar-refractivity contribution is 0.430. The summed E-state index contributed by atoms with van der Waals surface area (Å²) in [5.41, 5.74) is 2.26. The molecule has 18 heavy (non-hydrogen) atoms. The van der Waals surface area contributed by atoms with Crippen LogP contribution >= 0.6 is 0 Å². The third kappa shape index (κ3) is 2.45. The maximum absolute atomic E-state index is 5.44. The third-order valence-corrected chi connectivity index (χ3v) is 2.84. The first-order chi connectivity index (χ1) is 8.61. The van der Waals surface area contributed by atoms with Crippen molar-refractivity contribution in [3.05, 3.63) is 48.6 Å². The molecule has 0 N–H and O–H groups in total. The lowest BCUT2D eigenvalue weighted by atomic mass is 10.1. The Bertz CT molecular complexity index is 552. The zero-order chi connectivity index (χ0) is 13.1. The van der Waals surface area contributed by atoms with Crippen LogP contribution in [-0.4, -0.2) is 9.55 Å². The molecule has 0 aliphatic heterocycles. The van der Waals surface area contributed by atoms with Crippen molar-refractivity contribution < 1.29 is 4.74 Å². The predicted octanol–water partition coefficient (Wildman–Crippen LogP) is 3.56. The maximum Gasteiger partial charge on any atom is 0.126 e. The van der Waals surface area contributed by atoms with Gasteiger partial charge in [0.1, 0.15) is 11.6 Å². The number of allylic oxidation sites excluding steroid dienone is 1. The third-order valence-electron chi connectivity index (χ3n) is 2.84. The largest absolute Gasteiger partial charge is 0.463 e. The van der Waals surface area contributed by atoms with E-state index < -0.39 is 0 Å². The van der Waals surface area contributed by atoms with E-state index in [1.165, 1.54) is 0 Å². The number of nitrogens with zero attached hydrogens (tertiary/aromatic N) is 2. The highest BCUT2D eigenvalue weighted by atomic mass is 16.5. The number of hydrogen-bond donors (Lipinski definition) is 0. The molecule has 1 aromatic heterocycles. The summed E-state index contributed by atoms with van der Waals surface area (Å²) < 4.78 is 7.56. The Morgan fingerprint density at radius 1 is 1.33 bits per heavy atom. The summed E-state index contributed by atoms with van der Waals surface area (Å²) in [5, 5.41) is 0. The molecular formula is C15H18N2O. The van der Waals surface area contributed by atoms with Crippen LogP contribution in [0, 0.1) is 0 Å². The van der Waals surface area contributed by atoms with Gasteiger partial charge in [0, 0.05) is 19.0 Å². The van der Waals surface area contributed by atoms with Crippen LogP contribution in [-0.2, 0) is 13.5 Å². The summed E-state index contributed by atoms with van der Waals surface area (Å²) in [7, 11) is 2.04. The molecule has 0 amide bonds. The standard InChI is InChI=1S/C15H18N2O/c1-5-15-16-10-14(17(15)4)12-6-8-13(9-7-12)18-11(2)3/h6-10H,2,5H2,1,3-4H3. The first kappa shape index (κ1) is 12.4. The molecule has 0 spiro atoms. The maximum atomic E-state index is 5.44. The Kier molecular flexibility index (Phi) is 3.51. The molecular weight excluding hydrogens is 224 g/mol. The quantitative estimate of drug-likeness (QED) is 0.766. The highest BCUT2D eigenvalue weighted by Crippen LogP contribution is 2.23. The van der Waals surface area contributed by atoms with E-state index in [9.17, 15) is 0 Å². The average Bonchev–Trinajstić information content (AvgIpc) is 2.71. The van der Waals surface area contributed by atoms with Crippen molar-refractivity contribution in [2.45, 2.75) is 20.3 Å². The van der Waals surface area contributed by atoms with Crippen LogP contribution in [0.3, 0.4) is 0 Å². The van der Waals surface area contributed by atoms with Gasteiger partial charge in [0.2, 0.25) is 0 Å². The summed E-state index contributed by atoms with van der Waals surface area (Å²) >= 11 is 0. The van der Waals surface area contributed by atoms with Crippen molar-refractivity contribution >= 4 is 0 Å². The van der Waals surface area contributed by atoms with Gasteiger partial charge in [0.25, 0.3) is 0 Å². The first-order valence-electron chi connectivity index (χ1n) is 6.06. The van der Waals surface area contributed by atoms with Crippen LogP contribution in [0.25, 0.3) is 11.3 Å². The number of hydrogen-bond acceptors (Lipinski definition) is 2. The Morgan fingerprint density at radius 3 is 2.50 bits per heavy atom. The van der Waals surface area contributed by atoms with Crippen molar-refractivity contribution in [3.8, 4) is 17.0 Å². The van der Waals surface area contributed by atoms with Crippen LogP contribution in [0.4, 0.5) is 0 Å². The summed E-state index contributed by atoms with van der Waals surface area (Å²) in [6, 6.07) is 7.97. The summed E-state index contributed by atoms with van der Waals surface area (Å²) in [6.07, 6.45) is 2.85. The fraction of sp³-hybridized carbons (Fsp3) is 0.267. The lowest BCUT2D eigenvalue weighted by Crippen LogP contribution is -1.97. The van der Waals surface area contributed by atoms with Crippen molar-refractivity contribution in [2.75, 3.05) is 0 Å². The molecule has 94 valence electrons. The molecule has 3 heteroatoms. The molecule has 0 atom stereocenters. The highest BCUT2D eigenvalue weighted by molar-refractivity contribution is 5.60. The molecule has 0 saturated carbocycles. The molecule has 1 aromatic carbocycles. The topological polar surface area (TPSA) is 27.1 Å². The van der Waals surface area contributed by atoms with Gasteiger partial charge in [-0.15, -0.1) is 0 Å². The molecule has 3 nitrogen and oxygen atoms in total. The predicted molar refractivity (Wildman–Crippen MR) is 73.5 cm³/mol. The number of ether oxygens (including phenoxy) is 1. The smallest absolute Gasteiger partial charge is 0.126 e. The average molecular weight is 242 g/mol. The van der Waals surface area contributed by atoms with Crippen LogP contribution < -0.4 is 4.74 Å². The van der Waals surface area contributed by atoms with Crippen molar-refractivity contribution in [1.82, 2.24) is 9.55 Å². The minimum atomic E-state index is 0.691. The summed E-state index contributed by atoms with van der Waals surface area (Å²) in [4.78, 5) is 4.40. The Balaban J connectivity index is 2.28. The fourth-order valence-electron chi connectivity index (χ4n) is 1.94. The first-order valence-corrected chi connectivity index (χ1v) is 6.06. The monoisotopic (exact) mass is 242 g/mol. The van der Waals surface area contributed by atoms with E-state index in [1.54, 1.807) is 0 Å². The van der Waals surface area contributed by atoms with E-state index in [0.717, 1.165) is 29.3 Å². The SMILES string of the molecule is C=C(C)Oc1ccc(-c2cnc(CC)n2C)cc1. The van der Waals surface area contributed by atoms with E-state index in [2.05, 4.69) is 23.1 Å². The van der Waals surface area contributed by atoms with Gasteiger partial charge in [-0.3, -0.25) is 0 Å². The highest BCUT2D eigenvalue weighted by Gasteiger charge is 2.07. The molecule has 2 rings (SSSR count). The summed E-state index contributed by atoms with van der Waals surface area (Å²) in [5.74, 6) is 2.59. The number of aromatic nitrogens is 2. The molecule has 0 saturated heterocycles. The zero-order valence-electron chi connectivity index (χ0n) is 11.1. The van der Waals surface area contributed by atoms with Gasteiger partial charge in [0.05, 0.1) is 17.6 Å². The van der Waals surface area contributed by atoms with E-state index in [0.29, 0.717) is 5.76 Å². The van der Waals surface area contributed by atoms with Gasteiger partial charge in [0.15, 0.2) is 0 Å². The van der Waals surface area contributed by atoms with E-state index in [4.69, 9.17) is 4.74 Å². The normalized spacial score (nSPS) is 10.4. The molecule has 0 aliphatic rings. The molecule has 1 heterocycles. The Morgan fingerprint density at radius 2 is 2.00 bits per heavy atom. The van der Waals surface area contributed by atoms with Gasteiger partial charge < -0.3 is 9.30 Å². The molecule has 2 aromatic rings. The van der Waals surface area contributed by atoms with Gasteiger partial charge in [-0.25, -0.2) is 4.98 Å². The minimum Gasteiger partial charge on any atom is -0.463 e. The van der Waals surface area contributed by atoms with Gasteiger partial charge >= 0.3 is 0 Å². The van der Waals surface area contributed by atoms with Crippen molar-refractivity contribution in [1.29, 1.82) is 0 Å². The Labute approximate surface area is 108 Å². The molecule has 0 bridgehead atoms. The van der Waals surface area contributed by atoms with Gasteiger partial charge in [-0.05, 0) is 31.2 Å². The number of benzene rings is 1. The second-order valence-corrected chi connectivity index (χ2v) is 4.30. The number of rotatable bonds is 4. The summed E-state index contributed by atoms with van der Waals surface area (Å²) in [6.45, 7) is 7.67. The molecule has 0 radical (unpaired) electrons. The molecule has 0 unspecified atom stereocenters. The van der Waals surface area contributed by atoms with Gasteiger partial charge in [-0.2, -0.15) is 0 Å². The van der Waals surface area contributed by atoms with Gasteiger partial charge in [-0.1, -0.05) is 13.5 Å². The Hall–Kier alpha value is -2.03. The van der Waals surface area contributed by atoms with Crippen LogP contribution in [0.15, 0.2) is 42.8 Å². The van der Waals surface area contributed by atoms with Crippen LogP contribution in [0.2, 0.25) is 0 Å². The molecule has 0 aliphatic carbocycles. The van der Waals surface area contributed by atoms with Crippen LogP contribution in [0.1, 0.15) is 19.7 Å². The van der Waals surface area contributed by atoms with E-state index in [-0.39, 0.29) is 0 Å². The lowest BCUT2D eigenvalue weighted by Gasteiger charge is -2.07. The number of aryl methyl sites for hydroxylation is 1. The second kappa shape index (κ2) is 5.08.